The van der Waals surface area contributed by atoms with Gasteiger partial charge in [0.05, 0.1) is 24.9 Å². The summed E-state index contributed by atoms with van der Waals surface area (Å²) < 4.78 is 10.1. The Hall–Kier alpha value is -1.39. The summed E-state index contributed by atoms with van der Waals surface area (Å²) in [6, 6.07) is 7.25. The van der Waals surface area contributed by atoms with Crippen LogP contribution < -0.4 is 0 Å². The molecule has 1 aromatic rings. The molecular formula is C15H20O4. The summed E-state index contributed by atoms with van der Waals surface area (Å²) >= 11 is 0. The molecule has 104 valence electrons. The van der Waals surface area contributed by atoms with Crippen molar-refractivity contribution < 1.29 is 19.4 Å². The first-order valence-corrected chi connectivity index (χ1v) is 6.55. The van der Waals surface area contributed by atoms with E-state index >= 15 is 0 Å². The SMILES string of the molecule is COC(=O)c1ccc(C2CC(OC)CC[C@H]2O)cc1. The number of carbonyl (C=O) groups excluding carboxylic acids is 1. The Morgan fingerprint density at radius 1 is 1.21 bits per heavy atom. The highest BCUT2D eigenvalue weighted by Gasteiger charge is 2.30. The number of esters is 1. The molecule has 1 aromatic carbocycles. The molecule has 0 bridgehead atoms. The van der Waals surface area contributed by atoms with Gasteiger partial charge >= 0.3 is 5.97 Å². The number of aliphatic hydroxyl groups is 1. The van der Waals surface area contributed by atoms with Crippen molar-refractivity contribution in [2.45, 2.75) is 37.4 Å². The largest absolute Gasteiger partial charge is 0.465 e. The molecule has 2 unspecified atom stereocenters. The number of aliphatic hydroxyl groups excluding tert-OH is 1. The van der Waals surface area contributed by atoms with Crippen LogP contribution in [0.3, 0.4) is 0 Å². The van der Waals surface area contributed by atoms with E-state index in [0.29, 0.717) is 5.56 Å². The fourth-order valence-corrected chi connectivity index (χ4v) is 2.67. The molecule has 0 spiro atoms. The lowest BCUT2D eigenvalue weighted by Gasteiger charge is -2.32. The van der Waals surface area contributed by atoms with Crippen molar-refractivity contribution in [2.24, 2.45) is 0 Å². The molecule has 0 saturated heterocycles. The van der Waals surface area contributed by atoms with Gasteiger partial charge in [-0.2, -0.15) is 0 Å². The van der Waals surface area contributed by atoms with E-state index in [1.54, 1.807) is 19.2 Å². The minimum atomic E-state index is -0.342. The molecule has 3 atom stereocenters. The molecule has 1 aliphatic carbocycles. The van der Waals surface area contributed by atoms with Crippen LogP contribution >= 0.6 is 0 Å². The lowest BCUT2D eigenvalue weighted by molar-refractivity contribution is 0.00981. The second kappa shape index (κ2) is 6.17. The van der Waals surface area contributed by atoms with Gasteiger partial charge in [0, 0.05) is 13.0 Å². The third-order valence-corrected chi connectivity index (χ3v) is 3.86. The molecular weight excluding hydrogens is 244 g/mol. The second-order valence-corrected chi connectivity index (χ2v) is 4.96. The minimum Gasteiger partial charge on any atom is -0.465 e. The van der Waals surface area contributed by atoms with E-state index in [1.165, 1.54) is 7.11 Å². The highest BCUT2D eigenvalue weighted by atomic mass is 16.5. The first-order chi connectivity index (χ1) is 9.15. The summed E-state index contributed by atoms with van der Waals surface area (Å²) in [7, 11) is 3.07. The number of hydrogen-bond donors (Lipinski definition) is 1. The average molecular weight is 264 g/mol. The van der Waals surface area contributed by atoms with Gasteiger partial charge < -0.3 is 14.6 Å². The molecule has 1 aliphatic rings. The van der Waals surface area contributed by atoms with Crippen LogP contribution in [0.25, 0.3) is 0 Å². The molecule has 4 nitrogen and oxygen atoms in total. The van der Waals surface area contributed by atoms with Gasteiger partial charge in [0.2, 0.25) is 0 Å². The van der Waals surface area contributed by atoms with Gasteiger partial charge in [-0.15, -0.1) is 0 Å². The summed E-state index contributed by atoms with van der Waals surface area (Å²) in [5.41, 5.74) is 1.57. The highest BCUT2D eigenvalue weighted by Crippen LogP contribution is 2.34. The third kappa shape index (κ3) is 3.14. The van der Waals surface area contributed by atoms with E-state index in [9.17, 15) is 9.90 Å². The summed E-state index contributed by atoms with van der Waals surface area (Å²) in [6.07, 6.45) is 2.33. The maximum Gasteiger partial charge on any atom is 0.337 e. The quantitative estimate of drug-likeness (QED) is 0.850. The molecule has 0 aliphatic heterocycles. The van der Waals surface area contributed by atoms with E-state index in [4.69, 9.17) is 4.74 Å². The zero-order valence-corrected chi connectivity index (χ0v) is 11.3. The maximum absolute atomic E-state index is 11.4. The van der Waals surface area contributed by atoms with Gasteiger partial charge in [0.1, 0.15) is 0 Å². The molecule has 1 saturated carbocycles. The molecule has 0 amide bonds. The van der Waals surface area contributed by atoms with Crippen LogP contribution in [0.5, 0.6) is 0 Å². The Labute approximate surface area is 113 Å². The van der Waals surface area contributed by atoms with Crippen LogP contribution in [0.4, 0.5) is 0 Å². The fourth-order valence-electron chi connectivity index (χ4n) is 2.67. The minimum absolute atomic E-state index is 0.0744. The van der Waals surface area contributed by atoms with Gasteiger partial charge in [0.15, 0.2) is 0 Å². The van der Waals surface area contributed by atoms with Crippen LogP contribution in [0.2, 0.25) is 0 Å². The summed E-state index contributed by atoms with van der Waals surface area (Å²) in [5.74, 6) is -0.268. The van der Waals surface area contributed by atoms with Gasteiger partial charge in [-0.3, -0.25) is 0 Å². The van der Waals surface area contributed by atoms with E-state index in [0.717, 1.165) is 24.8 Å². The zero-order valence-electron chi connectivity index (χ0n) is 11.3. The van der Waals surface area contributed by atoms with Crippen LogP contribution in [0, 0.1) is 0 Å². The summed E-state index contributed by atoms with van der Waals surface area (Å²) in [4.78, 5) is 11.4. The average Bonchev–Trinajstić information content (AvgIpc) is 2.47. The Bertz CT molecular complexity index is 426. The van der Waals surface area contributed by atoms with Crippen molar-refractivity contribution in [2.75, 3.05) is 14.2 Å². The smallest absolute Gasteiger partial charge is 0.337 e. The van der Waals surface area contributed by atoms with Crippen molar-refractivity contribution in [3.63, 3.8) is 0 Å². The van der Waals surface area contributed by atoms with E-state index in [2.05, 4.69) is 4.74 Å². The molecule has 0 radical (unpaired) electrons. The van der Waals surface area contributed by atoms with Crippen LogP contribution in [0.15, 0.2) is 24.3 Å². The normalized spacial score (nSPS) is 27.0. The van der Waals surface area contributed by atoms with Crippen LogP contribution in [-0.2, 0) is 9.47 Å². The molecule has 0 heterocycles. The fraction of sp³-hybridized carbons (Fsp3) is 0.533. The van der Waals surface area contributed by atoms with E-state index < -0.39 is 0 Å². The molecule has 1 fully saturated rings. The standard InChI is InChI=1S/C15H20O4/c1-18-12-7-8-14(16)13(9-12)10-3-5-11(6-4-10)15(17)19-2/h3-6,12-14,16H,7-9H2,1-2H3/t12?,13?,14-/m1/s1. The van der Waals surface area contributed by atoms with Gasteiger partial charge in [0.25, 0.3) is 0 Å². The van der Waals surface area contributed by atoms with Crippen molar-refractivity contribution >= 4 is 5.97 Å². The topological polar surface area (TPSA) is 55.8 Å². The van der Waals surface area contributed by atoms with Gasteiger partial charge in [-0.1, -0.05) is 12.1 Å². The lowest BCUT2D eigenvalue weighted by atomic mass is 9.80. The predicted molar refractivity (Wildman–Crippen MR) is 71.2 cm³/mol. The molecule has 4 heteroatoms. The van der Waals surface area contributed by atoms with Crippen LogP contribution in [-0.4, -0.2) is 37.5 Å². The number of hydrogen-bond acceptors (Lipinski definition) is 4. The van der Waals surface area contributed by atoms with Crippen molar-refractivity contribution in [3.05, 3.63) is 35.4 Å². The molecule has 0 aromatic heterocycles. The second-order valence-electron chi connectivity index (χ2n) is 4.96. The predicted octanol–water partition coefficient (Wildman–Crippen LogP) is 2.12. The highest BCUT2D eigenvalue weighted by molar-refractivity contribution is 5.89. The van der Waals surface area contributed by atoms with Gasteiger partial charge in [-0.05, 0) is 37.0 Å². The summed E-state index contributed by atoms with van der Waals surface area (Å²) in [6.45, 7) is 0. The number of ether oxygens (including phenoxy) is 2. The Morgan fingerprint density at radius 2 is 1.89 bits per heavy atom. The Balaban J connectivity index is 2.14. The summed E-state index contributed by atoms with van der Waals surface area (Å²) in [5, 5.41) is 10.1. The Kier molecular flexibility index (Phi) is 4.56. The van der Waals surface area contributed by atoms with Crippen molar-refractivity contribution in [1.29, 1.82) is 0 Å². The van der Waals surface area contributed by atoms with E-state index in [-0.39, 0.29) is 24.1 Å². The third-order valence-electron chi connectivity index (χ3n) is 3.86. The number of carbonyl (C=O) groups is 1. The Morgan fingerprint density at radius 3 is 2.47 bits per heavy atom. The molecule has 2 rings (SSSR count). The number of methoxy groups -OCH3 is 2. The molecule has 19 heavy (non-hydrogen) atoms. The zero-order chi connectivity index (χ0) is 13.8. The molecule has 1 N–H and O–H groups in total. The first-order valence-electron chi connectivity index (χ1n) is 6.55. The van der Waals surface area contributed by atoms with Crippen molar-refractivity contribution in [3.8, 4) is 0 Å². The lowest BCUT2D eigenvalue weighted by Crippen LogP contribution is -2.31. The maximum atomic E-state index is 11.4. The number of rotatable bonds is 3. The van der Waals surface area contributed by atoms with Crippen molar-refractivity contribution in [1.82, 2.24) is 0 Å². The van der Waals surface area contributed by atoms with Crippen LogP contribution in [0.1, 0.15) is 41.1 Å². The first kappa shape index (κ1) is 14.0. The van der Waals surface area contributed by atoms with E-state index in [1.807, 2.05) is 12.1 Å². The monoisotopic (exact) mass is 264 g/mol. The number of benzene rings is 1. The van der Waals surface area contributed by atoms with Gasteiger partial charge in [-0.25, -0.2) is 4.79 Å².